The normalized spacial score (nSPS) is 15.6. The molecular weight excluding hydrogens is 368 g/mol. The number of amidine groups is 1. The highest BCUT2D eigenvalue weighted by Gasteiger charge is 2.26. The van der Waals surface area contributed by atoms with E-state index in [9.17, 15) is 14.0 Å². The Bertz CT molecular complexity index is 835. The summed E-state index contributed by atoms with van der Waals surface area (Å²) in [6, 6.07) is 5.73. The van der Waals surface area contributed by atoms with Crippen molar-refractivity contribution in [1.82, 2.24) is 4.98 Å². The lowest BCUT2D eigenvalue weighted by molar-refractivity contribution is -0.658. The molecule has 26 heavy (non-hydrogen) atoms. The molecule has 1 unspecified atom stereocenters. The maximum Gasteiger partial charge on any atom is 0.387 e. The summed E-state index contributed by atoms with van der Waals surface area (Å²) in [6.07, 6.45) is 1.58. The molecule has 0 fully saturated rings. The van der Waals surface area contributed by atoms with Gasteiger partial charge in [-0.25, -0.2) is 0 Å². The van der Waals surface area contributed by atoms with Gasteiger partial charge in [-0.2, -0.15) is 13.8 Å². The van der Waals surface area contributed by atoms with Crippen LogP contribution >= 0.6 is 11.8 Å². The van der Waals surface area contributed by atoms with Crippen molar-refractivity contribution in [3.05, 3.63) is 41.4 Å². The van der Waals surface area contributed by atoms with Gasteiger partial charge in [0.1, 0.15) is 11.4 Å². The largest absolute Gasteiger partial charge is 0.622 e. The molecule has 7 nitrogen and oxygen atoms in total. The fraction of sp³-hybridized carbons (Fsp3) is 0.250. The number of hydrogen-bond acceptors (Lipinski definition) is 7. The number of methoxy groups -OCH3 is 2. The van der Waals surface area contributed by atoms with Gasteiger partial charge in [-0.15, -0.1) is 0 Å². The molecule has 0 bridgehead atoms. The predicted molar refractivity (Wildman–Crippen MR) is 92.8 cm³/mol. The molecule has 1 N–H and O–H groups in total. The van der Waals surface area contributed by atoms with Crippen LogP contribution in [0.4, 0.5) is 20.2 Å². The van der Waals surface area contributed by atoms with Gasteiger partial charge in [0, 0.05) is 24.4 Å². The number of aliphatic imine (C=N–C) groups is 1. The first kappa shape index (κ1) is 18.4. The van der Waals surface area contributed by atoms with E-state index in [0.29, 0.717) is 34.3 Å². The molecule has 1 aromatic heterocycles. The monoisotopic (exact) mass is 383 g/mol. The number of thioether (sulfide) groups is 1. The molecule has 10 heteroatoms. The Balaban J connectivity index is 1.76. The minimum absolute atomic E-state index is 0.0438. The summed E-state index contributed by atoms with van der Waals surface area (Å²) in [5.74, 6) is 1.31. The van der Waals surface area contributed by atoms with Crippen molar-refractivity contribution in [2.45, 2.75) is 12.4 Å². The molecule has 1 aromatic carbocycles. The first-order chi connectivity index (χ1) is 12.5. The Morgan fingerprint density at radius 3 is 2.73 bits per heavy atom. The zero-order chi connectivity index (χ0) is 18.7. The summed E-state index contributed by atoms with van der Waals surface area (Å²) in [4.78, 5) is 8.46. The summed E-state index contributed by atoms with van der Waals surface area (Å²) >= 11 is 1.18. The van der Waals surface area contributed by atoms with Crippen LogP contribution in [-0.4, -0.2) is 31.0 Å². The number of hydroxylamine groups is 1. The van der Waals surface area contributed by atoms with Crippen LogP contribution in [0.3, 0.4) is 0 Å². The zero-order valence-corrected chi connectivity index (χ0v) is 14.7. The van der Waals surface area contributed by atoms with Gasteiger partial charge in [-0.3, -0.25) is 10.0 Å². The number of aromatic nitrogens is 1. The van der Waals surface area contributed by atoms with E-state index < -0.39 is 6.61 Å². The van der Waals surface area contributed by atoms with E-state index in [1.54, 1.807) is 12.3 Å². The number of ether oxygens (including phenoxy) is 3. The van der Waals surface area contributed by atoms with Crippen LogP contribution in [0, 0.1) is 5.21 Å². The number of nitrogens with zero attached hydrogens (tertiary/aromatic N) is 2. The number of alkyl halides is 2. The van der Waals surface area contributed by atoms with Crippen molar-refractivity contribution < 1.29 is 28.1 Å². The van der Waals surface area contributed by atoms with Crippen molar-refractivity contribution in [3.63, 3.8) is 0 Å². The highest BCUT2D eigenvalue weighted by atomic mass is 32.2. The molecule has 0 amide bonds. The van der Waals surface area contributed by atoms with Gasteiger partial charge in [-0.05, 0) is 17.8 Å². The van der Waals surface area contributed by atoms with E-state index in [1.165, 1.54) is 44.2 Å². The Hall–Kier alpha value is -2.43. The summed E-state index contributed by atoms with van der Waals surface area (Å²) in [6.45, 7) is -2.94. The number of nitrogens with one attached hydrogen (secondary N) is 1. The van der Waals surface area contributed by atoms with E-state index in [1.807, 2.05) is 0 Å². The van der Waals surface area contributed by atoms with E-state index in [-0.39, 0.29) is 16.0 Å². The third kappa shape index (κ3) is 3.71. The van der Waals surface area contributed by atoms with Crippen LogP contribution in [0.15, 0.2) is 35.5 Å². The number of quaternary nitrogens is 1. The number of rotatable bonds is 6. The van der Waals surface area contributed by atoms with Gasteiger partial charge in [-0.1, -0.05) is 0 Å². The molecule has 3 rings (SSSR count). The summed E-state index contributed by atoms with van der Waals surface area (Å²) < 4.78 is 39.5. The van der Waals surface area contributed by atoms with E-state index in [2.05, 4.69) is 14.7 Å². The Labute approximate surface area is 152 Å². The second kappa shape index (κ2) is 7.85. The second-order valence-corrected chi connectivity index (χ2v) is 6.05. The van der Waals surface area contributed by atoms with Crippen LogP contribution in [0.2, 0.25) is 0 Å². The highest BCUT2D eigenvalue weighted by molar-refractivity contribution is 8.12. The van der Waals surface area contributed by atoms with Crippen LogP contribution in [0.1, 0.15) is 5.69 Å². The molecule has 0 aliphatic carbocycles. The molecule has 2 heterocycles. The fourth-order valence-corrected chi connectivity index (χ4v) is 3.32. The third-order valence-electron chi connectivity index (χ3n) is 3.57. The van der Waals surface area contributed by atoms with E-state index in [4.69, 9.17) is 9.47 Å². The van der Waals surface area contributed by atoms with Gasteiger partial charge >= 0.3 is 6.61 Å². The summed E-state index contributed by atoms with van der Waals surface area (Å²) in [5, 5.41) is 12.4. The quantitative estimate of drug-likeness (QED) is 0.773. The second-order valence-electron chi connectivity index (χ2n) is 5.09. The summed E-state index contributed by atoms with van der Waals surface area (Å²) in [5.41, 5.74) is 1.26. The number of hydrogen-bond donors (Lipinski definition) is 1. The highest BCUT2D eigenvalue weighted by Crippen LogP contribution is 2.35. The molecule has 1 aliphatic rings. The van der Waals surface area contributed by atoms with Crippen molar-refractivity contribution in [2.24, 2.45) is 4.99 Å². The van der Waals surface area contributed by atoms with Crippen molar-refractivity contribution in [3.8, 4) is 17.2 Å². The third-order valence-corrected chi connectivity index (χ3v) is 4.53. The number of halogens is 2. The summed E-state index contributed by atoms with van der Waals surface area (Å²) in [7, 11) is 3.03. The molecule has 138 valence electrons. The standard InChI is InChI=1S/C16H15F2N3O4S/c1-23-13-5-6-19-11(14(13)24-2)8-26-16-20-10-7-9(25-15(17)18)3-4-12(10)21(16)22/h3-7,15,21H,8H2,1-2H3. The predicted octanol–water partition coefficient (Wildman–Crippen LogP) is 2.65. The zero-order valence-electron chi connectivity index (χ0n) is 13.9. The number of fused-ring (bicyclic) bond motifs is 1. The van der Waals surface area contributed by atoms with Gasteiger partial charge in [0.15, 0.2) is 17.2 Å². The average molecular weight is 383 g/mol. The van der Waals surface area contributed by atoms with Crippen molar-refractivity contribution in [1.29, 1.82) is 0 Å². The van der Waals surface area contributed by atoms with Gasteiger partial charge in [0.25, 0.3) is 5.17 Å². The van der Waals surface area contributed by atoms with Crippen molar-refractivity contribution >= 4 is 28.3 Å². The molecule has 1 aliphatic heterocycles. The van der Waals surface area contributed by atoms with Crippen LogP contribution in [0.5, 0.6) is 17.2 Å². The minimum atomic E-state index is -2.94. The van der Waals surface area contributed by atoms with Gasteiger partial charge in [0.2, 0.25) is 0 Å². The SMILES string of the molecule is COc1ccnc(CSC2=Nc3cc(OC(F)F)ccc3[NH+]2[O-])c1OC. The lowest BCUT2D eigenvalue weighted by Gasteiger charge is -2.17. The Morgan fingerprint density at radius 2 is 2.04 bits per heavy atom. The van der Waals surface area contributed by atoms with Crippen LogP contribution in [0.25, 0.3) is 0 Å². The smallest absolute Gasteiger partial charge is 0.387 e. The molecule has 0 saturated heterocycles. The van der Waals surface area contributed by atoms with Gasteiger partial charge in [0.05, 0.1) is 25.7 Å². The molecular formula is C16H15F2N3O4S. The number of pyridine rings is 1. The molecule has 1 atom stereocenters. The van der Waals surface area contributed by atoms with Crippen LogP contribution in [-0.2, 0) is 5.75 Å². The van der Waals surface area contributed by atoms with E-state index in [0.717, 1.165) is 0 Å². The number of benzene rings is 1. The molecule has 0 radical (unpaired) electrons. The molecule has 0 spiro atoms. The lowest BCUT2D eigenvalue weighted by atomic mass is 10.2. The molecule has 0 saturated carbocycles. The minimum Gasteiger partial charge on any atom is -0.622 e. The topological polar surface area (TPSA) is 80.4 Å². The Kier molecular flexibility index (Phi) is 5.55. The van der Waals surface area contributed by atoms with Crippen molar-refractivity contribution in [2.75, 3.05) is 14.2 Å². The average Bonchev–Trinajstić information content (AvgIpc) is 2.94. The first-order valence-electron chi connectivity index (χ1n) is 7.44. The Morgan fingerprint density at radius 1 is 1.23 bits per heavy atom. The van der Waals surface area contributed by atoms with E-state index >= 15 is 0 Å². The van der Waals surface area contributed by atoms with Gasteiger partial charge < -0.3 is 19.4 Å². The maximum atomic E-state index is 12.4. The first-order valence-corrected chi connectivity index (χ1v) is 8.43. The molecule has 2 aromatic rings. The fourth-order valence-electron chi connectivity index (χ4n) is 2.44. The lowest BCUT2D eigenvalue weighted by Crippen LogP contribution is -3.03. The van der Waals surface area contributed by atoms with Crippen LogP contribution < -0.4 is 19.3 Å². The maximum absolute atomic E-state index is 12.4.